The monoisotopic (exact) mass is 202 g/mol. The second-order valence-electron chi connectivity index (χ2n) is 4.47. The average Bonchev–Trinajstić information content (AvgIpc) is 2.81. The van der Waals surface area contributed by atoms with Crippen LogP contribution in [0.15, 0.2) is 12.2 Å². The molecule has 3 fully saturated rings. The fourth-order valence-corrected chi connectivity index (χ4v) is 3.92. The van der Waals surface area contributed by atoms with E-state index in [1.807, 2.05) is 0 Å². The molecular formula is C10H12Cl2. The summed E-state index contributed by atoms with van der Waals surface area (Å²) in [5.74, 6) is 1.54. The normalized spacial score (nSPS) is 36.7. The van der Waals surface area contributed by atoms with Crippen LogP contribution in [0.3, 0.4) is 0 Å². The molecule has 3 rings (SSSR count). The van der Waals surface area contributed by atoms with Crippen molar-refractivity contribution in [1.82, 2.24) is 0 Å². The van der Waals surface area contributed by atoms with Crippen LogP contribution in [0.2, 0.25) is 0 Å². The summed E-state index contributed by atoms with van der Waals surface area (Å²) < 4.78 is -0.560. The Hall–Kier alpha value is 0.320. The smallest absolute Gasteiger partial charge is 0.0961 e. The van der Waals surface area contributed by atoms with Crippen LogP contribution in [-0.2, 0) is 0 Å². The van der Waals surface area contributed by atoms with E-state index in [0.29, 0.717) is 0 Å². The number of hydrogen-bond donors (Lipinski definition) is 0. The van der Waals surface area contributed by atoms with Gasteiger partial charge in [0.1, 0.15) is 4.33 Å². The number of halogens is 2. The Morgan fingerprint density at radius 2 is 1.42 bits per heavy atom. The Labute approximate surface area is 82.9 Å². The lowest BCUT2D eigenvalue weighted by atomic mass is 9.93. The van der Waals surface area contributed by atoms with Crippen molar-refractivity contribution in [3.05, 3.63) is 12.2 Å². The molecule has 0 N–H and O–H groups in total. The van der Waals surface area contributed by atoms with Crippen molar-refractivity contribution in [3.8, 4) is 0 Å². The molecule has 0 aromatic rings. The molecule has 0 aromatic carbocycles. The van der Waals surface area contributed by atoms with E-state index in [4.69, 9.17) is 23.2 Å². The van der Waals surface area contributed by atoms with Gasteiger partial charge in [-0.15, -0.1) is 0 Å². The van der Waals surface area contributed by atoms with Gasteiger partial charge < -0.3 is 0 Å². The second-order valence-corrected chi connectivity index (χ2v) is 5.80. The largest absolute Gasteiger partial charge is 0.149 e. The van der Waals surface area contributed by atoms with Crippen molar-refractivity contribution in [2.75, 3.05) is 0 Å². The third-order valence-electron chi connectivity index (χ3n) is 3.78. The number of allylic oxidation sites excluding steroid dienone is 1. The molecule has 0 amide bonds. The summed E-state index contributed by atoms with van der Waals surface area (Å²) >= 11 is 12.5. The molecule has 0 spiro atoms. The molecule has 66 valence electrons. The van der Waals surface area contributed by atoms with E-state index in [-0.39, 0.29) is 5.41 Å². The van der Waals surface area contributed by atoms with Crippen LogP contribution in [0.4, 0.5) is 0 Å². The third-order valence-corrected chi connectivity index (χ3v) is 4.86. The first-order valence-electron chi connectivity index (χ1n) is 4.69. The van der Waals surface area contributed by atoms with Crippen molar-refractivity contribution in [2.24, 2.45) is 17.3 Å². The highest BCUT2D eigenvalue weighted by atomic mass is 35.5. The first-order chi connectivity index (χ1) is 5.62. The molecule has 0 heterocycles. The SMILES string of the molecule is C=C1C(Cl)(Cl)C1(C1CC1)C1CC1. The van der Waals surface area contributed by atoms with E-state index in [2.05, 4.69) is 6.58 Å². The van der Waals surface area contributed by atoms with Crippen molar-refractivity contribution < 1.29 is 0 Å². The summed E-state index contributed by atoms with van der Waals surface area (Å²) in [6, 6.07) is 0. The highest BCUT2D eigenvalue weighted by molar-refractivity contribution is 6.55. The van der Waals surface area contributed by atoms with Crippen LogP contribution >= 0.6 is 23.2 Å². The zero-order chi connectivity index (χ0) is 8.56. The van der Waals surface area contributed by atoms with E-state index < -0.39 is 4.33 Å². The van der Waals surface area contributed by atoms with Crippen molar-refractivity contribution >= 4 is 23.2 Å². The molecule has 0 aliphatic heterocycles. The van der Waals surface area contributed by atoms with Gasteiger partial charge in [0.2, 0.25) is 0 Å². The standard InChI is InChI=1S/C10H12Cl2/c1-6-9(7-2-3-7,8-4-5-8)10(6,11)12/h7-8H,1-5H2. The molecule has 0 saturated heterocycles. The van der Waals surface area contributed by atoms with E-state index in [0.717, 1.165) is 17.4 Å². The fourth-order valence-electron chi connectivity index (χ4n) is 2.86. The third kappa shape index (κ3) is 0.644. The topological polar surface area (TPSA) is 0 Å². The minimum absolute atomic E-state index is 0.163. The number of alkyl halides is 2. The lowest BCUT2D eigenvalue weighted by molar-refractivity contribution is 0.395. The van der Waals surface area contributed by atoms with Crippen LogP contribution in [-0.4, -0.2) is 4.33 Å². The van der Waals surface area contributed by atoms with Crippen molar-refractivity contribution in [3.63, 3.8) is 0 Å². The highest BCUT2D eigenvalue weighted by Crippen LogP contribution is 2.82. The minimum atomic E-state index is -0.560. The van der Waals surface area contributed by atoms with Crippen molar-refractivity contribution in [1.29, 1.82) is 0 Å². The van der Waals surface area contributed by atoms with Crippen LogP contribution in [0.1, 0.15) is 25.7 Å². The molecule has 0 bridgehead atoms. The maximum absolute atomic E-state index is 6.25. The maximum Gasteiger partial charge on any atom is 0.149 e. The number of hydrogen-bond acceptors (Lipinski definition) is 0. The summed E-state index contributed by atoms with van der Waals surface area (Å²) in [5, 5.41) is 0. The predicted octanol–water partition coefficient (Wildman–Crippen LogP) is 3.54. The van der Waals surface area contributed by atoms with Gasteiger partial charge in [0.15, 0.2) is 0 Å². The number of rotatable bonds is 2. The van der Waals surface area contributed by atoms with Crippen LogP contribution in [0, 0.1) is 17.3 Å². The Kier molecular flexibility index (Phi) is 1.21. The van der Waals surface area contributed by atoms with E-state index in [9.17, 15) is 0 Å². The van der Waals surface area contributed by atoms with Crippen LogP contribution in [0.5, 0.6) is 0 Å². The molecule has 0 nitrogen and oxygen atoms in total. The lowest BCUT2D eigenvalue weighted by Crippen LogP contribution is -2.14. The van der Waals surface area contributed by atoms with Crippen molar-refractivity contribution in [2.45, 2.75) is 30.0 Å². The molecule has 0 atom stereocenters. The van der Waals surface area contributed by atoms with Gasteiger partial charge in [-0.05, 0) is 43.1 Å². The summed E-state index contributed by atoms with van der Waals surface area (Å²) in [6.07, 6.45) is 5.26. The summed E-state index contributed by atoms with van der Waals surface area (Å²) in [7, 11) is 0. The fraction of sp³-hybridized carbons (Fsp3) is 0.800. The molecular weight excluding hydrogens is 191 g/mol. The zero-order valence-corrected chi connectivity index (χ0v) is 8.46. The lowest BCUT2D eigenvalue weighted by Gasteiger charge is -2.14. The molecule has 3 aliphatic carbocycles. The zero-order valence-electron chi connectivity index (χ0n) is 6.95. The Morgan fingerprint density at radius 1 is 1.08 bits per heavy atom. The van der Waals surface area contributed by atoms with Gasteiger partial charge >= 0.3 is 0 Å². The maximum atomic E-state index is 6.25. The molecule has 12 heavy (non-hydrogen) atoms. The molecule has 0 aromatic heterocycles. The van der Waals surface area contributed by atoms with E-state index in [1.54, 1.807) is 0 Å². The Balaban J connectivity index is 1.99. The molecule has 0 unspecified atom stereocenters. The first kappa shape index (κ1) is 7.70. The minimum Gasteiger partial charge on any atom is -0.0961 e. The molecule has 3 saturated carbocycles. The van der Waals surface area contributed by atoms with Gasteiger partial charge in [-0.25, -0.2) is 0 Å². The van der Waals surface area contributed by atoms with Crippen LogP contribution < -0.4 is 0 Å². The van der Waals surface area contributed by atoms with E-state index in [1.165, 1.54) is 25.7 Å². The van der Waals surface area contributed by atoms with Gasteiger partial charge in [0.05, 0.1) is 0 Å². The summed E-state index contributed by atoms with van der Waals surface area (Å²) in [6.45, 7) is 4.03. The summed E-state index contributed by atoms with van der Waals surface area (Å²) in [4.78, 5) is 0. The van der Waals surface area contributed by atoms with E-state index >= 15 is 0 Å². The molecule has 2 heteroatoms. The molecule has 3 aliphatic rings. The van der Waals surface area contributed by atoms with Gasteiger partial charge in [-0.1, -0.05) is 29.8 Å². The Morgan fingerprint density at radius 3 is 1.58 bits per heavy atom. The van der Waals surface area contributed by atoms with Gasteiger partial charge in [-0.2, -0.15) is 0 Å². The second kappa shape index (κ2) is 1.88. The first-order valence-corrected chi connectivity index (χ1v) is 5.45. The average molecular weight is 203 g/mol. The molecule has 0 radical (unpaired) electrons. The summed E-state index contributed by atoms with van der Waals surface area (Å²) in [5.41, 5.74) is 1.28. The quantitative estimate of drug-likeness (QED) is 0.475. The van der Waals surface area contributed by atoms with Gasteiger partial charge in [0.25, 0.3) is 0 Å². The predicted molar refractivity (Wildman–Crippen MR) is 51.5 cm³/mol. The highest BCUT2D eigenvalue weighted by Gasteiger charge is 2.79. The Bertz CT molecular complexity index is 247. The van der Waals surface area contributed by atoms with Gasteiger partial charge in [-0.3, -0.25) is 0 Å². The van der Waals surface area contributed by atoms with Gasteiger partial charge in [0, 0.05) is 5.41 Å². The van der Waals surface area contributed by atoms with Crippen LogP contribution in [0.25, 0.3) is 0 Å².